The predicted octanol–water partition coefficient (Wildman–Crippen LogP) is 0.544. The molecule has 0 unspecified atom stereocenters. The van der Waals surface area contributed by atoms with Crippen LogP contribution in [0.3, 0.4) is 0 Å². The Bertz CT molecular complexity index is 487. The fourth-order valence-electron chi connectivity index (χ4n) is 2.03. The minimum Gasteiger partial charge on any atom is -0.336 e. The van der Waals surface area contributed by atoms with Gasteiger partial charge in [-0.15, -0.1) is 0 Å². The van der Waals surface area contributed by atoms with Crippen LogP contribution in [0.4, 0.5) is 0 Å². The number of carbonyl (C=O) groups excluding carboxylic acids is 1. The maximum absolute atomic E-state index is 12.2. The highest BCUT2D eigenvalue weighted by Gasteiger charge is 2.20. The van der Waals surface area contributed by atoms with Gasteiger partial charge in [0.1, 0.15) is 5.56 Å². The van der Waals surface area contributed by atoms with Gasteiger partial charge in [0.15, 0.2) is 0 Å². The van der Waals surface area contributed by atoms with Crippen molar-refractivity contribution in [3.63, 3.8) is 0 Å². The third-order valence-corrected chi connectivity index (χ3v) is 3.19. The molecule has 0 saturated carbocycles. The molecule has 1 saturated heterocycles. The molecule has 2 heterocycles. The summed E-state index contributed by atoms with van der Waals surface area (Å²) in [6, 6.07) is 3.46. The first-order valence-electron chi connectivity index (χ1n) is 6.33. The van der Waals surface area contributed by atoms with Crippen molar-refractivity contribution in [1.29, 1.82) is 0 Å². The molecule has 0 aliphatic carbocycles. The van der Waals surface area contributed by atoms with Crippen LogP contribution in [0.25, 0.3) is 0 Å². The molecule has 1 fully saturated rings. The van der Waals surface area contributed by atoms with Gasteiger partial charge in [-0.1, -0.05) is 13.8 Å². The van der Waals surface area contributed by atoms with Gasteiger partial charge in [0.2, 0.25) is 0 Å². The van der Waals surface area contributed by atoms with Crippen LogP contribution < -0.4 is 10.9 Å². The summed E-state index contributed by atoms with van der Waals surface area (Å²) >= 11 is 0. The number of rotatable bonds is 2. The van der Waals surface area contributed by atoms with Crippen molar-refractivity contribution >= 4 is 5.91 Å². The molecule has 0 atom stereocenters. The standard InChI is InChI=1S/C13H19N3O2/c1-9(2)11-4-3-10(12(17)15-11)13(18)16-7-5-14-6-8-16/h3-4,9,14H,5-8H2,1-2H3,(H,15,17). The molecule has 18 heavy (non-hydrogen) atoms. The van der Waals surface area contributed by atoms with Gasteiger partial charge in [-0.2, -0.15) is 0 Å². The summed E-state index contributed by atoms with van der Waals surface area (Å²) in [4.78, 5) is 28.6. The number of pyridine rings is 1. The number of aromatic amines is 1. The summed E-state index contributed by atoms with van der Waals surface area (Å²) in [5, 5.41) is 3.18. The molecule has 1 aromatic rings. The van der Waals surface area contributed by atoms with E-state index >= 15 is 0 Å². The molecule has 0 aromatic carbocycles. The quantitative estimate of drug-likeness (QED) is 0.804. The van der Waals surface area contributed by atoms with Crippen molar-refractivity contribution in [3.8, 4) is 0 Å². The van der Waals surface area contributed by atoms with Crippen molar-refractivity contribution in [2.24, 2.45) is 0 Å². The molecule has 1 aliphatic rings. The van der Waals surface area contributed by atoms with Crippen LogP contribution in [0.2, 0.25) is 0 Å². The van der Waals surface area contributed by atoms with Crippen LogP contribution in [-0.2, 0) is 0 Å². The molecule has 1 amide bonds. The zero-order valence-electron chi connectivity index (χ0n) is 10.8. The molecule has 0 bridgehead atoms. The summed E-state index contributed by atoms with van der Waals surface area (Å²) in [6.45, 7) is 6.89. The number of nitrogens with one attached hydrogen (secondary N) is 2. The first-order chi connectivity index (χ1) is 8.59. The van der Waals surface area contributed by atoms with Gasteiger partial charge in [-0.3, -0.25) is 9.59 Å². The first-order valence-corrected chi connectivity index (χ1v) is 6.33. The molecule has 2 rings (SSSR count). The Balaban J connectivity index is 2.22. The lowest BCUT2D eigenvalue weighted by Gasteiger charge is -2.27. The Hall–Kier alpha value is -1.62. The minimum absolute atomic E-state index is 0.173. The van der Waals surface area contributed by atoms with Crippen LogP contribution in [0.15, 0.2) is 16.9 Å². The lowest BCUT2D eigenvalue weighted by Crippen LogP contribution is -2.47. The summed E-state index contributed by atoms with van der Waals surface area (Å²) in [6.07, 6.45) is 0. The SMILES string of the molecule is CC(C)c1ccc(C(=O)N2CCNCC2)c(=O)[nH]1. The van der Waals surface area contributed by atoms with Crippen molar-refractivity contribution in [1.82, 2.24) is 15.2 Å². The second-order valence-electron chi connectivity index (χ2n) is 4.85. The molecule has 5 nitrogen and oxygen atoms in total. The molecule has 98 valence electrons. The maximum Gasteiger partial charge on any atom is 0.261 e. The normalized spacial score (nSPS) is 16.1. The number of nitrogens with zero attached hydrogens (tertiary/aromatic N) is 1. The predicted molar refractivity (Wildman–Crippen MR) is 69.9 cm³/mol. The van der Waals surface area contributed by atoms with Gasteiger partial charge in [0, 0.05) is 31.9 Å². The molecule has 1 aliphatic heterocycles. The minimum atomic E-state index is -0.287. The lowest BCUT2D eigenvalue weighted by molar-refractivity contribution is 0.0734. The van der Waals surface area contributed by atoms with Gasteiger partial charge >= 0.3 is 0 Å². The van der Waals surface area contributed by atoms with Gasteiger partial charge in [-0.25, -0.2) is 0 Å². The molecule has 0 spiro atoms. The molecule has 5 heteroatoms. The third kappa shape index (κ3) is 2.61. The van der Waals surface area contributed by atoms with E-state index in [1.165, 1.54) is 0 Å². The van der Waals surface area contributed by atoms with Gasteiger partial charge in [-0.05, 0) is 18.1 Å². The number of amides is 1. The fraction of sp³-hybridized carbons (Fsp3) is 0.538. The van der Waals surface area contributed by atoms with E-state index in [4.69, 9.17) is 0 Å². The largest absolute Gasteiger partial charge is 0.336 e. The third-order valence-electron chi connectivity index (χ3n) is 3.19. The van der Waals surface area contributed by atoms with Gasteiger partial charge < -0.3 is 15.2 Å². The van der Waals surface area contributed by atoms with E-state index < -0.39 is 0 Å². The van der Waals surface area contributed by atoms with Gasteiger partial charge in [0.25, 0.3) is 11.5 Å². The lowest BCUT2D eigenvalue weighted by atomic mass is 10.1. The first kappa shape index (κ1) is 12.8. The molecular formula is C13H19N3O2. The van der Waals surface area contributed by atoms with Gasteiger partial charge in [0.05, 0.1) is 0 Å². The van der Waals surface area contributed by atoms with Crippen LogP contribution in [0, 0.1) is 0 Å². The van der Waals surface area contributed by atoms with E-state index in [0.29, 0.717) is 13.1 Å². The van der Waals surface area contributed by atoms with Crippen molar-refractivity contribution in [3.05, 3.63) is 33.7 Å². The van der Waals surface area contributed by atoms with E-state index in [1.54, 1.807) is 11.0 Å². The van der Waals surface area contributed by atoms with Crippen molar-refractivity contribution in [2.45, 2.75) is 19.8 Å². The summed E-state index contributed by atoms with van der Waals surface area (Å²) in [5.41, 5.74) is 0.808. The summed E-state index contributed by atoms with van der Waals surface area (Å²) < 4.78 is 0. The average Bonchev–Trinajstić information content (AvgIpc) is 2.38. The van der Waals surface area contributed by atoms with Crippen molar-refractivity contribution < 1.29 is 4.79 Å². The van der Waals surface area contributed by atoms with E-state index in [0.717, 1.165) is 18.8 Å². The van der Waals surface area contributed by atoms with Crippen LogP contribution in [0.5, 0.6) is 0 Å². The number of piperazine rings is 1. The fourth-order valence-corrected chi connectivity index (χ4v) is 2.03. The zero-order valence-corrected chi connectivity index (χ0v) is 10.8. The average molecular weight is 249 g/mol. The van der Waals surface area contributed by atoms with Crippen LogP contribution in [-0.4, -0.2) is 42.0 Å². The van der Waals surface area contributed by atoms with Crippen LogP contribution in [0.1, 0.15) is 35.8 Å². The number of aromatic nitrogens is 1. The monoisotopic (exact) mass is 249 g/mol. The highest BCUT2D eigenvalue weighted by Crippen LogP contribution is 2.10. The molecule has 1 aromatic heterocycles. The highest BCUT2D eigenvalue weighted by molar-refractivity contribution is 5.93. The van der Waals surface area contributed by atoms with Crippen LogP contribution >= 0.6 is 0 Å². The number of hydrogen-bond donors (Lipinski definition) is 2. The molecule has 2 N–H and O–H groups in total. The summed E-state index contributed by atoms with van der Waals surface area (Å²) in [7, 11) is 0. The Morgan fingerprint density at radius 2 is 1.94 bits per heavy atom. The van der Waals surface area contributed by atoms with E-state index in [1.807, 2.05) is 19.9 Å². The van der Waals surface area contributed by atoms with E-state index in [2.05, 4.69) is 10.3 Å². The maximum atomic E-state index is 12.2. The Morgan fingerprint density at radius 1 is 1.28 bits per heavy atom. The van der Waals surface area contributed by atoms with E-state index in [9.17, 15) is 9.59 Å². The number of hydrogen-bond acceptors (Lipinski definition) is 3. The highest BCUT2D eigenvalue weighted by atomic mass is 16.2. The Kier molecular flexibility index (Phi) is 3.81. The second-order valence-corrected chi connectivity index (χ2v) is 4.85. The zero-order chi connectivity index (χ0) is 13.1. The Labute approximate surface area is 106 Å². The topological polar surface area (TPSA) is 65.2 Å². The number of carbonyl (C=O) groups is 1. The van der Waals surface area contributed by atoms with Crippen molar-refractivity contribution in [2.75, 3.05) is 26.2 Å². The number of H-pyrrole nitrogens is 1. The second kappa shape index (κ2) is 5.35. The molecule has 0 radical (unpaired) electrons. The molecular weight excluding hydrogens is 230 g/mol. The smallest absolute Gasteiger partial charge is 0.261 e. The Morgan fingerprint density at radius 3 is 2.50 bits per heavy atom. The van der Waals surface area contributed by atoms with E-state index in [-0.39, 0.29) is 22.9 Å². The summed E-state index contributed by atoms with van der Waals surface area (Å²) in [5.74, 6) is 0.0779.